The van der Waals surface area contributed by atoms with Crippen LogP contribution in [0.25, 0.3) is 5.69 Å². The van der Waals surface area contributed by atoms with Gasteiger partial charge in [0.25, 0.3) is 0 Å². The van der Waals surface area contributed by atoms with E-state index in [2.05, 4.69) is 11.2 Å². The van der Waals surface area contributed by atoms with Crippen molar-refractivity contribution in [2.24, 2.45) is 0 Å². The van der Waals surface area contributed by atoms with Gasteiger partial charge in [-0.3, -0.25) is 0 Å². The molecule has 1 aromatic heterocycles. The fourth-order valence-corrected chi connectivity index (χ4v) is 2.88. The van der Waals surface area contributed by atoms with Gasteiger partial charge < -0.3 is 9.84 Å². The van der Waals surface area contributed by atoms with E-state index in [0.29, 0.717) is 29.8 Å². The van der Waals surface area contributed by atoms with Crippen LogP contribution >= 0.6 is 0 Å². The predicted octanol–water partition coefficient (Wildman–Crippen LogP) is 3.70. The van der Waals surface area contributed by atoms with Crippen LogP contribution in [0.15, 0.2) is 48.5 Å². The van der Waals surface area contributed by atoms with E-state index in [-0.39, 0.29) is 19.0 Å². The van der Waals surface area contributed by atoms with E-state index in [9.17, 15) is 9.65 Å². The Labute approximate surface area is 157 Å². The standard InChI is InChI=1S/C21H20FN3O2/c1-15-18(13-23)20(25(24-15)17-7-3-2-4-8-17)14-27-21-10-9-16(6-5-11-26)12-19(21)22/h2-4,7-10,12,26H,5-6,11,14H2,1H3. The third kappa shape index (κ3) is 4.15. The molecule has 0 saturated carbocycles. The molecule has 0 aliphatic rings. The maximum atomic E-state index is 14.3. The number of benzene rings is 2. The number of aliphatic hydroxyl groups excluding tert-OH is 1. The van der Waals surface area contributed by atoms with Crippen molar-refractivity contribution in [1.82, 2.24) is 9.78 Å². The fourth-order valence-electron chi connectivity index (χ4n) is 2.88. The molecule has 0 amide bonds. The molecule has 138 valence electrons. The van der Waals surface area contributed by atoms with Gasteiger partial charge in [0.15, 0.2) is 11.6 Å². The van der Waals surface area contributed by atoms with Crippen molar-refractivity contribution >= 4 is 0 Å². The molecule has 0 saturated heterocycles. The number of rotatable bonds is 7. The maximum absolute atomic E-state index is 14.3. The van der Waals surface area contributed by atoms with Gasteiger partial charge in [-0.25, -0.2) is 9.07 Å². The topological polar surface area (TPSA) is 71.1 Å². The van der Waals surface area contributed by atoms with E-state index in [1.807, 2.05) is 30.3 Å². The largest absolute Gasteiger partial charge is 0.484 e. The van der Waals surface area contributed by atoms with Gasteiger partial charge in [-0.05, 0) is 49.6 Å². The lowest BCUT2D eigenvalue weighted by Gasteiger charge is -2.11. The Hall–Kier alpha value is -3.17. The molecular formula is C21H20FN3O2. The molecule has 6 heteroatoms. The zero-order valence-electron chi connectivity index (χ0n) is 15.0. The van der Waals surface area contributed by atoms with Gasteiger partial charge in [-0.1, -0.05) is 24.3 Å². The monoisotopic (exact) mass is 365 g/mol. The summed E-state index contributed by atoms with van der Waals surface area (Å²) < 4.78 is 21.6. The first-order valence-electron chi connectivity index (χ1n) is 8.70. The highest BCUT2D eigenvalue weighted by Gasteiger charge is 2.17. The summed E-state index contributed by atoms with van der Waals surface area (Å²) in [6.45, 7) is 1.85. The summed E-state index contributed by atoms with van der Waals surface area (Å²) in [5.41, 5.74) is 3.21. The first kappa shape index (κ1) is 18.6. The normalized spacial score (nSPS) is 10.6. The lowest BCUT2D eigenvalue weighted by molar-refractivity contribution is 0.281. The fraction of sp³-hybridized carbons (Fsp3) is 0.238. The van der Waals surface area contributed by atoms with Gasteiger partial charge in [0.05, 0.1) is 17.1 Å². The van der Waals surface area contributed by atoms with E-state index in [0.717, 1.165) is 11.3 Å². The molecule has 0 radical (unpaired) electrons. The van der Waals surface area contributed by atoms with E-state index >= 15 is 0 Å². The highest BCUT2D eigenvalue weighted by molar-refractivity contribution is 5.43. The highest BCUT2D eigenvalue weighted by atomic mass is 19.1. The van der Waals surface area contributed by atoms with Crippen molar-refractivity contribution < 1.29 is 14.2 Å². The lowest BCUT2D eigenvalue weighted by Crippen LogP contribution is -2.07. The van der Waals surface area contributed by atoms with Crippen molar-refractivity contribution in [1.29, 1.82) is 5.26 Å². The number of nitriles is 1. The molecule has 3 aromatic rings. The molecule has 0 atom stereocenters. The molecule has 0 bridgehead atoms. The summed E-state index contributed by atoms with van der Waals surface area (Å²) in [7, 11) is 0. The molecule has 1 N–H and O–H groups in total. The van der Waals surface area contributed by atoms with Crippen molar-refractivity contribution in [2.45, 2.75) is 26.4 Å². The Morgan fingerprint density at radius 2 is 2.00 bits per heavy atom. The van der Waals surface area contributed by atoms with Crippen LogP contribution in [-0.4, -0.2) is 21.5 Å². The minimum atomic E-state index is -0.466. The quantitative estimate of drug-likeness (QED) is 0.693. The lowest BCUT2D eigenvalue weighted by atomic mass is 10.1. The Balaban J connectivity index is 1.85. The van der Waals surface area contributed by atoms with E-state index < -0.39 is 5.82 Å². The number of halogens is 1. The molecule has 27 heavy (non-hydrogen) atoms. The van der Waals surface area contributed by atoms with Gasteiger partial charge in [0.1, 0.15) is 18.2 Å². The van der Waals surface area contributed by atoms with Crippen molar-refractivity contribution in [3.05, 3.63) is 76.9 Å². The minimum absolute atomic E-state index is 0.0194. The van der Waals surface area contributed by atoms with Crippen molar-refractivity contribution in [2.75, 3.05) is 6.61 Å². The Morgan fingerprint density at radius 3 is 2.67 bits per heavy atom. The second kappa shape index (κ2) is 8.47. The molecular weight excluding hydrogens is 345 g/mol. The predicted molar refractivity (Wildman–Crippen MR) is 99.2 cm³/mol. The number of hydrogen-bond acceptors (Lipinski definition) is 4. The van der Waals surface area contributed by atoms with Crippen molar-refractivity contribution in [3.8, 4) is 17.5 Å². The summed E-state index contributed by atoms with van der Waals surface area (Å²) in [6.07, 6.45) is 1.19. The maximum Gasteiger partial charge on any atom is 0.165 e. The molecule has 0 fully saturated rings. The summed E-state index contributed by atoms with van der Waals surface area (Å²) in [4.78, 5) is 0. The average Bonchev–Trinajstić information content (AvgIpc) is 3.01. The van der Waals surface area contributed by atoms with Crippen LogP contribution < -0.4 is 4.74 Å². The van der Waals surface area contributed by atoms with Crippen LogP contribution in [0.1, 0.15) is 28.9 Å². The SMILES string of the molecule is Cc1nn(-c2ccccc2)c(COc2ccc(CCCO)cc2F)c1C#N. The molecule has 3 rings (SSSR count). The third-order valence-corrected chi connectivity index (χ3v) is 4.25. The number of nitrogens with zero attached hydrogens (tertiary/aromatic N) is 3. The third-order valence-electron chi connectivity index (χ3n) is 4.25. The van der Waals surface area contributed by atoms with Crippen LogP contribution in [0.2, 0.25) is 0 Å². The summed E-state index contributed by atoms with van der Waals surface area (Å²) in [6, 6.07) is 16.3. The van der Waals surface area contributed by atoms with E-state index in [4.69, 9.17) is 9.84 Å². The summed E-state index contributed by atoms with van der Waals surface area (Å²) in [5, 5.41) is 22.8. The molecule has 5 nitrogen and oxygen atoms in total. The van der Waals surface area contributed by atoms with Crippen LogP contribution in [0, 0.1) is 24.1 Å². The van der Waals surface area contributed by atoms with Gasteiger partial charge in [-0.2, -0.15) is 10.4 Å². The first-order valence-corrected chi connectivity index (χ1v) is 8.70. The van der Waals surface area contributed by atoms with Gasteiger partial charge in [-0.15, -0.1) is 0 Å². The van der Waals surface area contributed by atoms with Crippen LogP contribution in [0.4, 0.5) is 4.39 Å². The average molecular weight is 365 g/mol. The Kier molecular flexibility index (Phi) is 5.84. The second-order valence-electron chi connectivity index (χ2n) is 6.15. The van der Waals surface area contributed by atoms with Crippen LogP contribution in [-0.2, 0) is 13.0 Å². The number of para-hydroxylation sites is 1. The smallest absolute Gasteiger partial charge is 0.165 e. The Morgan fingerprint density at radius 1 is 1.22 bits per heavy atom. The first-order chi connectivity index (χ1) is 13.1. The number of aryl methyl sites for hydroxylation is 2. The van der Waals surface area contributed by atoms with Gasteiger partial charge in [0, 0.05) is 6.61 Å². The van der Waals surface area contributed by atoms with Crippen molar-refractivity contribution in [3.63, 3.8) is 0 Å². The molecule has 0 aliphatic heterocycles. The molecule has 0 spiro atoms. The minimum Gasteiger partial charge on any atom is -0.484 e. The van der Waals surface area contributed by atoms with E-state index in [1.54, 1.807) is 23.7 Å². The van der Waals surface area contributed by atoms with E-state index in [1.165, 1.54) is 6.07 Å². The zero-order valence-corrected chi connectivity index (χ0v) is 15.0. The number of hydrogen-bond donors (Lipinski definition) is 1. The number of ether oxygens (including phenoxy) is 1. The van der Waals surface area contributed by atoms with Crippen LogP contribution in [0.5, 0.6) is 5.75 Å². The number of aromatic nitrogens is 2. The Bertz CT molecular complexity index is 962. The summed E-state index contributed by atoms with van der Waals surface area (Å²) >= 11 is 0. The molecule has 2 aromatic carbocycles. The highest BCUT2D eigenvalue weighted by Crippen LogP contribution is 2.23. The number of aliphatic hydroxyl groups is 1. The van der Waals surface area contributed by atoms with Gasteiger partial charge >= 0.3 is 0 Å². The zero-order chi connectivity index (χ0) is 19.2. The van der Waals surface area contributed by atoms with Gasteiger partial charge in [0.2, 0.25) is 0 Å². The second-order valence-corrected chi connectivity index (χ2v) is 6.15. The molecule has 0 unspecified atom stereocenters. The molecule has 0 aliphatic carbocycles. The van der Waals surface area contributed by atoms with Crippen LogP contribution in [0.3, 0.4) is 0 Å². The summed E-state index contributed by atoms with van der Waals surface area (Å²) in [5.74, 6) is -0.350. The molecule has 1 heterocycles.